The van der Waals surface area contributed by atoms with E-state index < -0.39 is 4.92 Å². The summed E-state index contributed by atoms with van der Waals surface area (Å²) in [5, 5.41) is 14.9. The Morgan fingerprint density at radius 2 is 1.70 bits per heavy atom. The van der Waals surface area contributed by atoms with Crippen LogP contribution in [0.15, 0.2) is 36.4 Å². The van der Waals surface area contributed by atoms with Crippen LogP contribution < -0.4 is 5.32 Å². The largest absolute Gasteiger partial charge is 0.381 e. The molecule has 0 radical (unpaired) electrons. The average molecular weight is 332 g/mol. The van der Waals surface area contributed by atoms with Crippen LogP contribution in [0.2, 0.25) is 15.1 Å². The van der Waals surface area contributed by atoms with Crippen LogP contribution in [0.1, 0.15) is 5.56 Å². The molecule has 0 aliphatic rings. The molecule has 0 amide bonds. The molecule has 0 aromatic heterocycles. The first-order valence-electron chi connectivity index (χ1n) is 5.59. The van der Waals surface area contributed by atoms with E-state index in [1.165, 1.54) is 12.1 Å². The van der Waals surface area contributed by atoms with Gasteiger partial charge in [-0.3, -0.25) is 10.1 Å². The Hall–Kier alpha value is -1.49. The Kier molecular flexibility index (Phi) is 4.70. The minimum Gasteiger partial charge on any atom is -0.381 e. The van der Waals surface area contributed by atoms with Gasteiger partial charge in [0, 0.05) is 33.9 Å². The highest BCUT2D eigenvalue weighted by molar-refractivity contribution is 6.36. The van der Waals surface area contributed by atoms with Crippen LogP contribution >= 0.6 is 34.8 Å². The number of halogens is 3. The lowest BCUT2D eigenvalue weighted by Gasteiger charge is -2.10. The summed E-state index contributed by atoms with van der Waals surface area (Å²) in [5.41, 5.74) is 1.27. The second-order valence-corrected chi connectivity index (χ2v) is 5.20. The molecule has 0 bridgehead atoms. The van der Waals surface area contributed by atoms with Gasteiger partial charge < -0.3 is 5.32 Å². The smallest absolute Gasteiger partial charge is 0.288 e. The molecule has 0 saturated heterocycles. The van der Waals surface area contributed by atoms with Gasteiger partial charge in [0.05, 0.1) is 4.92 Å². The Bertz CT molecular complexity index is 642. The fourth-order valence-electron chi connectivity index (χ4n) is 1.66. The summed E-state index contributed by atoms with van der Waals surface area (Å²) in [4.78, 5) is 10.1. The van der Waals surface area contributed by atoms with Crippen LogP contribution in [0.5, 0.6) is 0 Å². The first kappa shape index (κ1) is 14.9. The molecule has 1 N–H and O–H groups in total. The molecule has 0 aliphatic heterocycles. The van der Waals surface area contributed by atoms with Crippen molar-refractivity contribution < 1.29 is 4.92 Å². The number of nitro benzene ring substituents is 1. The van der Waals surface area contributed by atoms with Gasteiger partial charge in [0.25, 0.3) is 5.69 Å². The van der Waals surface area contributed by atoms with E-state index in [1.54, 1.807) is 24.3 Å². The molecule has 0 heterocycles. The third-order valence-corrected chi connectivity index (χ3v) is 3.69. The second kappa shape index (κ2) is 6.31. The van der Waals surface area contributed by atoms with Crippen LogP contribution in [0.3, 0.4) is 0 Å². The molecule has 7 heteroatoms. The summed E-state index contributed by atoms with van der Waals surface area (Å²) in [6.07, 6.45) is 0. The molecule has 0 fully saturated rings. The zero-order chi connectivity index (χ0) is 14.7. The average Bonchev–Trinajstić information content (AvgIpc) is 2.37. The van der Waals surface area contributed by atoms with E-state index in [1.807, 2.05) is 0 Å². The van der Waals surface area contributed by atoms with Crippen molar-refractivity contribution >= 4 is 46.2 Å². The lowest BCUT2D eigenvalue weighted by Crippen LogP contribution is -2.01. The standard InChI is InChI=1S/C13H9Cl3N2O2/c14-10-2-1-3-11(15)9(10)7-17-8-4-5-13(18(19)20)12(16)6-8/h1-6,17H,7H2. The van der Waals surface area contributed by atoms with Crippen molar-refractivity contribution in [3.05, 3.63) is 67.1 Å². The van der Waals surface area contributed by atoms with Crippen LogP contribution in [0.25, 0.3) is 0 Å². The summed E-state index contributed by atoms with van der Waals surface area (Å²) < 4.78 is 0. The number of rotatable bonds is 4. The molecule has 0 spiro atoms. The first-order valence-corrected chi connectivity index (χ1v) is 6.73. The summed E-state index contributed by atoms with van der Waals surface area (Å²) in [7, 11) is 0. The highest BCUT2D eigenvalue weighted by Crippen LogP contribution is 2.29. The Morgan fingerprint density at radius 3 is 2.25 bits per heavy atom. The maximum absolute atomic E-state index is 10.7. The van der Waals surface area contributed by atoms with E-state index in [0.717, 1.165) is 5.56 Å². The highest BCUT2D eigenvalue weighted by Gasteiger charge is 2.12. The van der Waals surface area contributed by atoms with Crippen molar-refractivity contribution in [1.82, 2.24) is 0 Å². The van der Waals surface area contributed by atoms with Gasteiger partial charge in [-0.05, 0) is 24.3 Å². The summed E-state index contributed by atoms with van der Waals surface area (Å²) in [6, 6.07) is 9.66. The van der Waals surface area contributed by atoms with Gasteiger partial charge in [0.15, 0.2) is 0 Å². The summed E-state index contributed by atoms with van der Waals surface area (Å²) >= 11 is 17.9. The molecule has 0 saturated carbocycles. The molecule has 0 atom stereocenters. The number of anilines is 1. The Balaban J connectivity index is 2.16. The minimum absolute atomic E-state index is 0.0743. The molecule has 2 aromatic carbocycles. The third-order valence-electron chi connectivity index (χ3n) is 2.68. The van der Waals surface area contributed by atoms with Crippen molar-refractivity contribution in [3.63, 3.8) is 0 Å². The number of nitro groups is 1. The monoisotopic (exact) mass is 330 g/mol. The van der Waals surface area contributed by atoms with E-state index >= 15 is 0 Å². The normalized spacial score (nSPS) is 10.3. The van der Waals surface area contributed by atoms with Gasteiger partial charge in [0.1, 0.15) is 5.02 Å². The van der Waals surface area contributed by atoms with Crippen LogP contribution in [-0.2, 0) is 6.54 Å². The number of hydrogen-bond acceptors (Lipinski definition) is 3. The van der Waals surface area contributed by atoms with E-state index in [0.29, 0.717) is 22.3 Å². The Labute approximate surface area is 130 Å². The number of hydrogen-bond donors (Lipinski definition) is 1. The zero-order valence-corrected chi connectivity index (χ0v) is 12.3. The van der Waals surface area contributed by atoms with Crippen molar-refractivity contribution in [2.24, 2.45) is 0 Å². The lowest BCUT2D eigenvalue weighted by molar-refractivity contribution is -0.384. The molecule has 0 aliphatic carbocycles. The SMILES string of the molecule is O=[N+]([O-])c1ccc(NCc2c(Cl)cccc2Cl)cc1Cl. The minimum atomic E-state index is -0.531. The Morgan fingerprint density at radius 1 is 1.05 bits per heavy atom. The van der Waals surface area contributed by atoms with E-state index in [4.69, 9.17) is 34.8 Å². The van der Waals surface area contributed by atoms with Crippen molar-refractivity contribution in [1.29, 1.82) is 0 Å². The van der Waals surface area contributed by atoms with Crippen molar-refractivity contribution in [2.45, 2.75) is 6.54 Å². The molecular weight excluding hydrogens is 323 g/mol. The van der Waals surface area contributed by atoms with Gasteiger partial charge in [0.2, 0.25) is 0 Å². The molecule has 4 nitrogen and oxygen atoms in total. The predicted molar refractivity (Wildman–Crippen MR) is 81.9 cm³/mol. The first-order chi connectivity index (χ1) is 9.49. The van der Waals surface area contributed by atoms with Crippen LogP contribution in [0, 0.1) is 10.1 Å². The molecule has 0 unspecified atom stereocenters. The molecule has 20 heavy (non-hydrogen) atoms. The van der Waals surface area contributed by atoms with Crippen LogP contribution in [-0.4, -0.2) is 4.92 Å². The predicted octanol–water partition coefficient (Wildman–Crippen LogP) is 5.17. The number of nitrogens with zero attached hydrogens (tertiary/aromatic N) is 1. The van der Waals surface area contributed by atoms with Crippen LogP contribution in [0.4, 0.5) is 11.4 Å². The number of benzene rings is 2. The van der Waals surface area contributed by atoms with Crippen molar-refractivity contribution in [2.75, 3.05) is 5.32 Å². The molecule has 104 valence electrons. The quantitative estimate of drug-likeness (QED) is 0.621. The molecular formula is C13H9Cl3N2O2. The second-order valence-electron chi connectivity index (χ2n) is 3.98. The van der Waals surface area contributed by atoms with Gasteiger partial charge in [-0.2, -0.15) is 0 Å². The highest BCUT2D eigenvalue weighted by atomic mass is 35.5. The van der Waals surface area contributed by atoms with E-state index in [-0.39, 0.29) is 10.7 Å². The fourth-order valence-corrected chi connectivity index (χ4v) is 2.44. The third kappa shape index (κ3) is 3.33. The lowest BCUT2D eigenvalue weighted by atomic mass is 10.2. The van der Waals surface area contributed by atoms with Gasteiger partial charge in [-0.1, -0.05) is 40.9 Å². The molecule has 2 rings (SSSR count). The van der Waals surface area contributed by atoms with E-state index in [9.17, 15) is 10.1 Å². The zero-order valence-electron chi connectivity index (χ0n) is 10.1. The maximum atomic E-state index is 10.7. The van der Waals surface area contributed by atoms with Gasteiger partial charge in [-0.25, -0.2) is 0 Å². The summed E-state index contributed by atoms with van der Waals surface area (Å²) in [5.74, 6) is 0. The van der Waals surface area contributed by atoms with E-state index in [2.05, 4.69) is 5.32 Å². The number of nitrogens with one attached hydrogen (secondary N) is 1. The van der Waals surface area contributed by atoms with Gasteiger partial charge >= 0.3 is 0 Å². The topological polar surface area (TPSA) is 55.2 Å². The molecule has 2 aromatic rings. The van der Waals surface area contributed by atoms with Gasteiger partial charge in [-0.15, -0.1) is 0 Å². The maximum Gasteiger partial charge on any atom is 0.288 e. The fraction of sp³-hybridized carbons (Fsp3) is 0.0769. The summed E-state index contributed by atoms with van der Waals surface area (Å²) in [6.45, 7) is 0.395. The van der Waals surface area contributed by atoms with Crippen molar-refractivity contribution in [3.8, 4) is 0 Å².